The summed E-state index contributed by atoms with van der Waals surface area (Å²) in [5.41, 5.74) is 0.866. The Kier molecular flexibility index (Phi) is 8.94. The third-order valence-corrected chi connectivity index (χ3v) is 2.95. The zero-order valence-electron chi connectivity index (χ0n) is 9.34. The van der Waals surface area contributed by atoms with Crippen LogP contribution < -0.4 is 10.6 Å². The molecule has 0 aromatic heterocycles. The second kappa shape index (κ2) is 9.06. The minimum atomic E-state index is 0.0227. The van der Waals surface area contributed by atoms with Crippen molar-refractivity contribution < 1.29 is 4.74 Å². The predicted molar refractivity (Wildman–Crippen MR) is 71.5 cm³/mol. The molecule has 0 aromatic rings. The first-order valence-electron chi connectivity index (χ1n) is 4.53. The molecule has 0 unspecified atom stereocenters. The van der Waals surface area contributed by atoms with Crippen molar-refractivity contribution in [3.05, 3.63) is 12.3 Å². The maximum absolute atomic E-state index is 5.11. The molecule has 4 nitrogen and oxygen atoms in total. The van der Waals surface area contributed by atoms with E-state index in [9.17, 15) is 0 Å². The quantitative estimate of drug-likeness (QED) is 0.188. The molecule has 88 valence electrons. The van der Waals surface area contributed by atoms with E-state index in [1.54, 1.807) is 7.11 Å². The molecule has 0 aliphatic carbocycles. The first-order chi connectivity index (χ1) is 7.15. The molecule has 6 heteroatoms. The fraction of sp³-hybridized carbons (Fsp3) is 0.667. The highest BCUT2D eigenvalue weighted by Crippen LogP contribution is 2.04. The summed E-state index contributed by atoms with van der Waals surface area (Å²) < 4.78 is 9.35. The van der Waals surface area contributed by atoms with Gasteiger partial charge in [0.25, 0.3) is 0 Å². The van der Waals surface area contributed by atoms with Crippen LogP contribution in [-0.4, -0.2) is 37.3 Å². The first-order valence-corrected chi connectivity index (χ1v) is 6.60. The van der Waals surface area contributed by atoms with Crippen molar-refractivity contribution in [2.24, 2.45) is 4.40 Å². The van der Waals surface area contributed by atoms with E-state index in [1.807, 2.05) is 14.0 Å². The molecular weight excluding hydrogens is 278 g/mol. The van der Waals surface area contributed by atoms with Crippen LogP contribution in [0.3, 0.4) is 0 Å². The van der Waals surface area contributed by atoms with Crippen molar-refractivity contribution in [1.82, 2.24) is 10.6 Å². The third-order valence-electron chi connectivity index (χ3n) is 1.80. The smallest absolute Gasteiger partial charge is 0.120 e. The summed E-state index contributed by atoms with van der Waals surface area (Å²) in [4.78, 5) is 0. The molecule has 0 fully saturated rings. The van der Waals surface area contributed by atoms with Gasteiger partial charge in [0.2, 0.25) is 0 Å². The molecule has 0 bridgehead atoms. The van der Waals surface area contributed by atoms with Crippen LogP contribution in [0.4, 0.5) is 0 Å². The van der Waals surface area contributed by atoms with E-state index in [4.69, 9.17) is 4.74 Å². The summed E-state index contributed by atoms with van der Waals surface area (Å²) in [7, 11) is 3.51. The first kappa shape index (κ1) is 14.8. The maximum Gasteiger partial charge on any atom is 0.120 e. The van der Waals surface area contributed by atoms with Crippen LogP contribution in [0, 0.1) is 0 Å². The van der Waals surface area contributed by atoms with Crippen LogP contribution in [0.2, 0.25) is 0 Å². The maximum atomic E-state index is 5.11. The summed E-state index contributed by atoms with van der Waals surface area (Å²) in [5, 5.41) is 6.84. The molecule has 15 heavy (non-hydrogen) atoms. The SMILES string of the molecule is C=C(NCS/N=C(/CBr)NC)[C@H](C)OC. The molecule has 2 N–H and O–H groups in total. The summed E-state index contributed by atoms with van der Waals surface area (Å²) in [6.45, 7) is 5.80. The number of methoxy groups -OCH3 is 1. The van der Waals surface area contributed by atoms with E-state index >= 15 is 0 Å². The molecule has 0 rings (SSSR count). The van der Waals surface area contributed by atoms with Crippen LogP contribution in [0.5, 0.6) is 0 Å². The minimum Gasteiger partial charge on any atom is -0.376 e. The van der Waals surface area contributed by atoms with E-state index in [2.05, 4.69) is 37.5 Å². The van der Waals surface area contributed by atoms with Gasteiger partial charge in [-0.3, -0.25) is 0 Å². The highest BCUT2D eigenvalue weighted by molar-refractivity contribution is 9.09. The second-order valence-corrected chi connectivity index (χ2v) is 4.07. The van der Waals surface area contributed by atoms with Crippen molar-refractivity contribution in [3.63, 3.8) is 0 Å². The zero-order valence-corrected chi connectivity index (χ0v) is 11.7. The Balaban J connectivity index is 3.70. The van der Waals surface area contributed by atoms with Crippen LogP contribution in [0.15, 0.2) is 16.7 Å². The van der Waals surface area contributed by atoms with Gasteiger partial charge in [0.15, 0.2) is 0 Å². The number of rotatable bonds is 7. The van der Waals surface area contributed by atoms with Crippen molar-refractivity contribution in [3.8, 4) is 0 Å². The highest BCUT2D eigenvalue weighted by atomic mass is 79.9. The standard InChI is InChI=1S/C9H18BrN3OS/c1-7(8(2)14-4)12-6-15-13-9(5-10)11-3/h8,12H,1,5-6H2,2-4H3,(H,11,13)/t8-/m0/s1. The van der Waals surface area contributed by atoms with Crippen LogP contribution in [-0.2, 0) is 4.74 Å². The van der Waals surface area contributed by atoms with Crippen molar-refractivity contribution in [1.29, 1.82) is 0 Å². The van der Waals surface area contributed by atoms with Gasteiger partial charge >= 0.3 is 0 Å². The number of ether oxygens (including phenoxy) is 1. The van der Waals surface area contributed by atoms with Crippen LogP contribution in [0.1, 0.15) is 6.92 Å². The lowest BCUT2D eigenvalue weighted by Gasteiger charge is -2.14. The average Bonchev–Trinajstić information content (AvgIpc) is 2.27. The van der Waals surface area contributed by atoms with Crippen LogP contribution in [0.25, 0.3) is 0 Å². The molecule has 1 atom stereocenters. The number of alkyl halides is 1. The Hall–Kier alpha value is -0.200. The number of halogens is 1. The van der Waals surface area contributed by atoms with E-state index in [1.165, 1.54) is 11.9 Å². The number of amidine groups is 1. The molecule has 0 saturated carbocycles. The fourth-order valence-corrected chi connectivity index (χ4v) is 1.86. The van der Waals surface area contributed by atoms with Gasteiger partial charge in [-0.05, 0) is 18.9 Å². The van der Waals surface area contributed by atoms with Gasteiger partial charge in [-0.1, -0.05) is 22.5 Å². The van der Waals surface area contributed by atoms with E-state index in [-0.39, 0.29) is 6.10 Å². The Morgan fingerprint density at radius 3 is 2.80 bits per heavy atom. The molecular formula is C9H18BrN3OS. The zero-order chi connectivity index (χ0) is 11.7. The van der Waals surface area contributed by atoms with Crippen molar-refractivity contribution in [2.45, 2.75) is 13.0 Å². The van der Waals surface area contributed by atoms with Gasteiger partial charge in [0.05, 0.1) is 17.3 Å². The topological polar surface area (TPSA) is 45.7 Å². The molecule has 0 aromatic carbocycles. The van der Waals surface area contributed by atoms with E-state index < -0.39 is 0 Å². The fourth-order valence-electron chi connectivity index (χ4n) is 0.658. The molecule has 0 heterocycles. The van der Waals surface area contributed by atoms with Gasteiger partial charge < -0.3 is 15.4 Å². The van der Waals surface area contributed by atoms with Crippen molar-refractivity contribution >= 4 is 33.7 Å². The van der Waals surface area contributed by atoms with Crippen molar-refractivity contribution in [2.75, 3.05) is 25.4 Å². The predicted octanol–water partition coefficient (Wildman–Crippen LogP) is 1.74. The Bertz CT molecular complexity index is 217. The number of nitrogens with zero attached hydrogens (tertiary/aromatic N) is 1. The Morgan fingerprint density at radius 1 is 1.67 bits per heavy atom. The number of nitrogens with one attached hydrogen (secondary N) is 2. The average molecular weight is 296 g/mol. The van der Waals surface area contributed by atoms with Gasteiger partial charge in [-0.2, -0.15) is 0 Å². The summed E-state index contributed by atoms with van der Waals surface area (Å²) >= 11 is 4.76. The van der Waals surface area contributed by atoms with Gasteiger partial charge in [0.1, 0.15) is 5.84 Å². The minimum absolute atomic E-state index is 0.0227. The molecule has 0 amide bonds. The lowest BCUT2D eigenvalue weighted by Crippen LogP contribution is -2.23. The number of hydrogen-bond acceptors (Lipinski definition) is 4. The highest BCUT2D eigenvalue weighted by Gasteiger charge is 2.02. The summed E-state index contributed by atoms with van der Waals surface area (Å²) in [5.74, 6) is 1.59. The third kappa shape index (κ3) is 6.81. The normalized spacial score (nSPS) is 13.5. The van der Waals surface area contributed by atoms with Gasteiger partial charge in [-0.25, -0.2) is 4.40 Å². The second-order valence-electron chi connectivity index (χ2n) is 2.77. The van der Waals surface area contributed by atoms with E-state index in [0.29, 0.717) is 5.88 Å². The molecule has 0 aliphatic heterocycles. The Morgan fingerprint density at radius 2 is 2.33 bits per heavy atom. The van der Waals surface area contributed by atoms with Crippen LogP contribution >= 0.6 is 27.9 Å². The lowest BCUT2D eigenvalue weighted by molar-refractivity contribution is 0.142. The summed E-state index contributed by atoms with van der Waals surface area (Å²) in [6, 6.07) is 0. The Labute approximate surface area is 104 Å². The van der Waals surface area contributed by atoms with E-state index in [0.717, 1.165) is 16.9 Å². The molecule has 0 saturated heterocycles. The van der Waals surface area contributed by atoms with Gasteiger partial charge in [-0.15, -0.1) is 0 Å². The largest absolute Gasteiger partial charge is 0.376 e. The lowest BCUT2D eigenvalue weighted by atomic mass is 10.3. The molecule has 0 spiro atoms. The molecule has 0 radical (unpaired) electrons. The number of hydrogen-bond donors (Lipinski definition) is 2. The summed E-state index contributed by atoms with van der Waals surface area (Å²) in [6.07, 6.45) is 0.0227. The monoisotopic (exact) mass is 295 g/mol. The molecule has 0 aliphatic rings. The van der Waals surface area contributed by atoms with Gasteiger partial charge in [0, 0.05) is 19.9 Å².